The van der Waals surface area contributed by atoms with Crippen molar-refractivity contribution in [3.8, 4) is 11.5 Å². The number of primary amides is 1. The number of nitrogens with one attached hydrogen (secondary N) is 1. The summed E-state index contributed by atoms with van der Waals surface area (Å²) in [7, 11) is 0. The third-order valence-corrected chi connectivity index (χ3v) is 4.45. The van der Waals surface area contributed by atoms with Crippen LogP contribution in [0.25, 0.3) is 0 Å². The summed E-state index contributed by atoms with van der Waals surface area (Å²) in [6.07, 6.45) is 0.140. The van der Waals surface area contributed by atoms with Crippen LogP contribution in [-0.2, 0) is 16.0 Å². The fraction of sp³-hybridized carbons (Fsp3) is 0.167. The molecule has 0 aromatic heterocycles. The van der Waals surface area contributed by atoms with E-state index in [0.717, 1.165) is 11.1 Å². The Morgan fingerprint density at radius 3 is 2.26 bits per heavy atom. The van der Waals surface area contributed by atoms with Gasteiger partial charge in [-0.15, -0.1) is 0 Å². The fourth-order valence-corrected chi connectivity index (χ4v) is 2.93. The van der Waals surface area contributed by atoms with E-state index in [4.69, 9.17) is 15.2 Å². The van der Waals surface area contributed by atoms with Gasteiger partial charge in [0.05, 0.1) is 12.5 Å². The zero-order chi connectivity index (χ0) is 22.1. The molecule has 0 bridgehead atoms. The van der Waals surface area contributed by atoms with Gasteiger partial charge in [0.1, 0.15) is 12.4 Å². The van der Waals surface area contributed by atoms with Crippen molar-refractivity contribution in [2.45, 2.75) is 12.5 Å². The Morgan fingerprint density at radius 1 is 0.903 bits per heavy atom. The van der Waals surface area contributed by atoms with E-state index in [2.05, 4.69) is 5.32 Å². The number of para-hydroxylation sites is 1. The fourth-order valence-electron chi connectivity index (χ4n) is 2.93. The highest BCUT2D eigenvalue weighted by Gasteiger charge is 2.17. The smallest absolute Gasteiger partial charge is 0.258 e. The molecule has 0 aliphatic carbocycles. The summed E-state index contributed by atoms with van der Waals surface area (Å²) in [5.74, 6) is -0.638. The maximum Gasteiger partial charge on any atom is 0.258 e. The molecule has 0 saturated heterocycles. The molecule has 1 atom stereocenters. The van der Waals surface area contributed by atoms with Gasteiger partial charge in [0.25, 0.3) is 5.91 Å². The first-order chi connectivity index (χ1) is 15.0. The van der Waals surface area contributed by atoms with Crippen molar-refractivity contribution in [3.63, 3.8) is 0 Å². The highest BCUT2D eigenvalue weighted by atomic mass is 19.1. The van der Waals surface area contributed by atoms with Crippen molar-refractivity contribution in [2.24, 2.45) is 5.73 Å². The van der Waals surface area contributed by atoms with Gasteiger partial charge in [-0.3, -0.25) is 9.59 Å². The third kappa shape index (κ3) is 6.85. The molecule has 0 spiro atoms. The molecule has 7 heteroatoms. The number of benzene rings is 3. The highest BCUT2D eigenvalue weighted by Crippen LogP contribution is 2.19. The molecule has 0 aliphatic heterocycles. The van der Waals surface area contributed by atoms with E-state index in [9.17, 15) is 14.0 Å². The van der Waals surface area contributed by atoms with E-state index in [1.54, 1.807) is 36.4 Å². The number of carbonyl (C=O) groups excluding carboxylic acids is 2. The second-order valence-electron chi connectivity index (χ2n) is 6.85. The first-order valence-corrected chi connectivity index (χ1v) is 9.73. The monoisotopic (exact) mass is 422 g/mol. The predicted molar refractivity (Wildman–Crippen MR) is 114 cm³/mol. The molecule has 31 heavy (non-hydrogen) atoms. The Morgan fingerprint density at radius 2 is 1.58 bits per heavy atom. The van der Waals surface area contributed by atoms with E-state index in [0.29, 0.717) is 5.75 Å². The molecule has 0 aliphatic rings. The number of ether oxygens (including phenoxy) is 2. The molecule has 2 amide bonds. The van der Waals surface area contributed by atoms with Gasteiger partial charge in [-0.05, 0) is 35.4 Å². The van der Waals surface area contributed by atoms with Crippen LogP contribution < -0.4 is 20.5 Å². The topological polar surface area (TPSA) is 90.7 Å². The Hall–Kier alpha value is -3.87. The first-order valence-electron chi connectivity index (χ1n) is 9.73. The molecule has 1 unspecified atom stereocenters. The van der Waals surface area contributed by atoms with E-state index in [-0.39, 0.29) is 31.3 Å². The molecule has 3 aromatic carbocycles. The maximum absolute atomic E-state index is 13.9. The Bertz CT molecular complexity index is 1010. The van der Waals surface area contributed by atoms with Gasteiger partial charge in [0.15, 0.2) is 18.2 Å². The van der Waals surface area contributed by atoms with Gasteiger partial charge < -0.3 is 20.5 Å². The van der Waals surface area contributed by atoms with Gasteiger partial charge >= 0.3 is 0 Å². The summed E-state index contributed by atoms with van der Waals surface area (Å²) in [6.45, 7) is -0.156. The summed E-state index contributed by atoms with van der Waals surface area (Å²) in [4.78, 5) is 23.4. The molecule has 3 N–H and O–H groups in total. The molecule has 3 aromatic rings. The van der Waals surface area contributed by atoms with Gasteiger partial charge in [-0.2, -0.15) is 0 Å². The summed E-state index contributed by atoms with van der Waals surface area (Å²) in [5.41, 5.74) is 6.76. The van der Waals surface area contributed by atoms with Crippen LogP contribution in [0.4, 0.5) is 4.39 Å². The van der Waals surface area contributed by atoms with Gasteiger partial charge in [0, 0.05) is 0 Å². The summed E-state index contributed by atoms with van der Waals surface area (Å²) in [6, 6.07) is 21.7. The molecular weight excluding hydrogens is 399 g/mol. The molecule has 0 heterocycles. The average molecular weight is 422 g/mol. The quantitative estimate of drug-likeness (QED) is 0.525. The lowest BCUT2D eigenvalue weighted by Gasteiger charge is -2.20. The molecule has 6 nitrogen and oxygen atoms in total. The lowest BCUT2D eigenvalue weighted by atomic mass is 10.1. The number of nitrogens with two attached hydrogens (primary N) is 1. The van der Waals surface area contributed by atoms with Crippen molar-refractivity contribution in [1.29, 1.82) is 0 Å². The molecule has 160 valence electrons. The van der Waals surface area contributed by atoms with Crippen LogP contribution >= 0.6 is 0 Å². The van der Waals surface area contributed by atoms with Gasteiger partial charge in [-0.1, -0.05) is 54.6 Å². The first kappa shape index (κ1) is 21.8. The van der Waals surface area contributed by atoms with E-state index in [1.165, 1.54) is 12.1 Å². The van der Waals surface area contributed by atoms with Crippen molar-refractivity contribution >= 4 is 11.8 Å². The molecule has 0 radical (unpaired) electrons. The largest absolute Gasteiger partial charge is 0.488 e. The normalized spacial score (nSPS) is 11.4. The Kier molecular flexibility index (Phi) is 7.59. The number of hydrogen-bond donors (Lipinski definition) is 2. The number of hydrogen-bond acceptors (Lipinski definition) is 4. The molecule has 0 fully saturated rings. The average Bonchev–Trinajstić information content (AvgIpc) is 2.77. The molecular formula is C24H23FN2O4. The van der Waals surface area contributed by atoms with Crippen molar-refractivity contribution in [1.82, 2.24) is 5.32 Å². The molecule has 3 rings (SSSR count). The Labute approximate surface area is 179 Å². The summed E-state index contributed by atoms with van der Waals surface area (Å²) in [5, 5.41) is 2.86. The minimum absolute atomic E-state index is 0.0541. The number of carbonyl (C=O) groups is 2. The van der Waals surface area contributed by atoms with Crippen LogP contribution in [0.1, 0.15) is 17.2 Å². The second-order valence-corrected chi connectivity index (χ2v) is 6.85. The number of amides is 2. The Balaban J connectivity index is 1.59. The van der Waals surface area contributed by atoms with E-state index < -0.39 is 17.8 Å². The minimum atomic E-state index is -0.491. The SMILES string of the molecule is NC(=O)Cc1ccc(OCC(=O)NC(COc2ccccc2F)c2ccccc2)cc1. The van der Waals surface area contributed by atoms with Crippen LogP contribution in [0.2, 0.25) is 0 Å². The third-order valence-electron chi connectivity index (χ3n) is 4.45. The zero-order valence-corrected chi connectivity index (χ0v) is 16.8. The lowest BCUT2D eigenvalue weighted by molar-refractivity contribution is -0.124. The van der Waals surface area contributed by atoms with Crippen molar-refractivity contribution in [2.75, 3.05) is 13.2 Å². The maximum atomic E-state index is 13.9. The summed E-state index contributed by atoms with van der Waals surface area (Å²) < 4.78 is 25.0. The molecule has 0 saturated carbocycles. The standard InChI is InChI=1S/C24H23FN2O4/c25-20-8-4-5-9-22(20)31-15-21(18-6-2-1-3-7-18)27-24(29)16-30-19-12-10-17(11-13-19)14-23(26)28/h1-13,21H,14-16H2,(H2,26,28)(H,27,29). The highest BCUT2D eigenvalue weighted by molar-refractivity contribution is 5.78. The van der Waals surface area contributed by atoms with Crippen LogP contribution in [0.15, 0.2) is 78.9 Å². The number of halogens is 1. The second kappa shape index (κ2) is 10.8. The van der Waals surface area contributed by atoms with Crippen LogP contribution in [0.3, 0.4) is 0 Å². The van der Waals surface area contributed by atoms with Crippen LogP contribution in [-0.4, -0.2) is 25.0 Å². The predicted octanol–water partition coefficient (Wildman–Crippen LogP) is 3.17. The van der Waals surface area contributed by atoms with Crippen molar-refractivity contribution < 1.29 is 23.5 Å². The number of rotatable bonds is 10. The van der Waals surface area contributed by atoms with E-state index >= 15 is 0 Å². The van der Waals surface area contributed by atoms with Crippen LogP contribution in [0, 0.1) is 5.82 Å². The van der Waals surface area contributed by atoms with Gasteiger partial charge in [0.2, 0.25) is 5.91 Å². The van der Waals surface area contributed by atoms with Gasteiger partial charge in [-0.25, -0.2) is 4.39 Å². The van der Waals surface area contributed by atoms with E-state index in [1.807, 2.05) is 30.3 Å². The zero-order valence-electron chi connectivity index (χ0n) is 16.8. The minimum Gasteiger partial charge on any atom is -0.488 e. The summed E-state index contributed by atoms with van der Waals surface area (Å²) >= 11 is 0. The van der Waals surface area contributed by atoms with Crippen LogP contribution in [0.5, 0.6) is 11.5 Å². The van der Waals surface area contributed by atoms with Crippen molar-refractivity contribution in [3.05, 3.63) is 95.8 Å². The lowest BCUT2D eigenvalue weighted by Crippen LogP contribution is -2.35.